The minimum atomic E-state index is -0.586. The molecule has 138 valence electrons. The molecule has 0 bridgehead atoms. The Kier molecular flexibility index (Phi) is 5.37. The average Bonchev–Trinajstić information content (AvgIpc) is 3.34. The molecule has 26 heavy (non-hydrogen) atoms. The smallest absolute Gasteiger partial charge is 0.290 e. The van der Waals surface area contributed by atoms with Crippen molar-refractivity contribution in [2.45, 2.75) is 18.9 Å². The summed E-state index contributed by atoms with van der Waals surface area (Å²) < 4.78 is 15.6. The Morgan fingerprint density at radius 2 is 2.00 bits per heavy atom. The molecule has 1 aromatic carbocycles. The quantitative estimate of drug-likeness (QED) is 0.864. The van der Waals surface area contributed by atoms with Crippen LogP contribution in [0.4, 0.5) is 5.69 Å². The van der Waals surface area contributed by atoms with E-state index in [1.165, 1.54) is 25.4 Å². The molecule has 0 radical (unpaired) electrons. The van der Waals surface area contributed by atoms with Crippen LogP contribution in [0.5, 0.6) is 11.5 Å². The van der Waals surface area contributed by atoms with E-state index in [9.17, 15) is 9.59 Å². The van der Waals surface area contributed by atoms with E-state index in [4.69, 9.17) is 25.5 Å². The molecule has 1 saturated heterocycles. The number of likely N-dealkylation sites (tertiary alicyclic amines) is 1. The first-order valence-corrected chi connectivity index (χ1v) is 8.49. The van der Waals surface area contributed by atoms with Gasteiger partial charge in [-0.3, -0.25) is 9.59 Å². The van der Waals surface area contributed by atoms with Gasteiger partial charge in [0.2, 0.25) is 5.91 Å². The second-order valence-electron chi connectivity index (χ2n) is 5.81. The SMILES string of the molecule is COc1cc(Cl)c(NC(=O)[C@H]2CCCN2C(=O)c2ccco2)cc1OC. The van der Waals surface area contributed by atoms with Crippen LogP contribution in [0.3, 0.4) is 0 Å². The fourth-order valence-corrected chi connectivity index (χ4v) is 3.19. The lowest BCUT2D eigenvalue weighted by molar-refractivity contribution is -0.119. The Morgan fingerprint density at radius 1 is 1.27 bits per heavy atom. The zero-order valence-corrected chi connectivity index (χ0v) is 15.2. The van der Waals surface area contributed by atoms with Crippen LogP contribution in [0, 0.1) is 0 Å². The molecule has 0 unspecified atom stereocenters. The molecular formula is C18H19ClN2O5. The third-order valence-corrected chi connectivity index (χ3v) is 4.59. The lowest BCUT2D eigenvalue weighted by Gasteiger charge is -2.23. The van der Waals surface area contributed by atoms with Crippen molar-refractivity contribution in [1.82, 2.24) is 4.90 Å². The summed E-state index contributed by atoms with van der Waals surface area (Å²) in [4.78, 5) is 26.8. The summed E-state index contributed by atoms with van der Waals surface area (Å²) >= 11 is 6.22. The molecule has 1 aromatic heterocycles. The highest BCUT2D eigenvalue weighted by Gasteiger charge is 2.35. The van der Waals surface area contributed by atoms with Gasteiger partial charge in [-0.15, -0.1) is 0 Å². The van der Waals surface area contributed by atoms with Crippen molar-refractivity contribution in [2.24, 2.45) is 0 Å². The second-order valence-corrected chi connectivity index (χ2v) is 6.22. The number of nitrogens with zero attached hydrogens (tertiary/aromatic N) is 1. The molecule has 1 fully saturated rings. The van der Waals surface area contributed by atoms with E-state index in [2.05, 4.69) is 5.32 Å². The number of carbonyl (C=O) groups excluding carboxylic acids is 2. The Balaban J connectivity index is 1.78. The summed E-state index contributed by atoms with van der Waals surface area (Å²) in [5.74, 6) is 0.518. The fourth-order valence-electron chi connectivity index (χ4n) is 2.99. The Hall–Kier alpha value is -2.67. The zero-order valence-electron chi connectivity index (χ0n) is 14.5. The Morgan fingerprint density at radius 3 is 2.65 bits per heavy atom. The molecule has 1 aliphatic rings. The molecule has 3 rings (SSSR count). The predicted octanol–water partition coefficient (Wildman–Crippen LogP) is 3.19. The van der Waals surface area contributed by atoms with E-state index in [0.717, 1.165) is 6.42 Å². The maximum Gasteiger partial charge on any atom is 0.290 e. The Bertz CT molecular complexity index is 806. The summed E-state index contributed by atoms with van der Waals surface area (Å²) in [7, 11) is 3.00. The highest BCUT2D eigenvalue weighted by Crippen LogP contribution is 2.36. The minimum Gasteiger partial charge on any atom is -0.493 e. The number of hydrogen-bond acceptors (Lipinski definition) is 5. The number of rotatable bonds is 5. The molecule has 1 N–H and O–H groups in total. The molecule has 2 heterocycles. The van der Waals surface area contributed by atoms with Crippen molar-refractivity contribution in [1.29, 1.82) is 0 Å². The Labute approximate surface area is 155 Å². The van der Waals surface area contributed by atoms with Gasteiger partial charge in [0, 0.05) is 18.7 Å². The van der Waals surface area contributed by atoms with Crippen molar-refractivity contribution in [3.8, 4) is 11.5 Å². The van der Waals surface area contributed by atoms with Crippen LogP contribution in [0.2, 0.25) is 5.02 Å². The van der Waals surface area contributed by atoms with Crippen LogP contribution < -0.4 is 14.8 Å². The summed E-state index contributed by atoms with van der Waals surface area (Å²) in [6.07, 6.45) is 2.75. The summed E-state index contributed by atoms with van der Waals surface area (Å²) in [6, 6.07) is 5.79. The van der Waals surface area contributed by atoms with Crippen LogP contribution in [0.1, 0.15) is 23.4 Å². The van der Waals surface area contributed by atoms with Crippen LogP contribution in [-0.4, -0.2) is 43.5 Å². The average molecular weight is 379 g/mol. The van der Waals surface area contributed by atoms with Crippen LogP contribution in [0.15, 0.2) is 34.9 Å². The van der Waals surface area contributed by atoms with Gasteiger partial charge >= 0.3 is 0 Å². The van der Waals surface area contributed by atoms with Crippen molar-refractivity contribution in [2.75, 3.05) is 26.1 Å². The van der Waals surface area contributed by atoms with E-state index < -0.39 is 6.04 Å². The van der Waals surface area contributed by atoms with E-state index in [0.29, 0.717) is 35.2 Å². The summed E-state index contributed by atoms with van der Waals surface area (Å²) in [5, 5.41) is 3.09. The van der Waals surface area contributed by atoms with E-state index >= 15 is 0 Å². The number of hydrogen-bond donors (Lipinski definition) is 1. The zero-order chi connectivity index (χ0) is 18.7. The molecule has 0 saturated carbocycles. The van der Waals surface area contributed by atoms with Crippen molar-refractivity contribution in [3.05, 3.63) is 41.3 Å². The first kappa shape index (κ1) is 18.1. The molecule has 0 spiro atoms. The van der Waals surface area contributed by atoms with Gasteiger partial charge in [0.15, 0.2) is 17.3 Å². The highest BCUT2D eigenvalue weighted by atomic mass is 35.5. The molecule has 7 nitrogen and oxygen atoms in total. The standard InChI is InChI=1S/C18H19ClN2O5/c1-24-15-9-11(19)12(10-16(15)25-2)20-17(22)13-5-3-7-21(13)18(23)14-6-4-8-26-14/h4,6,8-10,13H,3,5,7H2,1-2H3,(H,20,22)/t13-/m1/s1. The first-order chi connectivity index (χ1) is 12.5. The van der Waals surface area contributed by atoms with Gasteiger partial charge in [-0.1, -0.05) is 11.6 Å². The largest absolute Gasteiger partial charge is 0.493 e. The number of ether oxygens (including phenoxy) is 2. The van der Waals surface area contributed by atoms with Gasteiger partial charge in [-0.05, 0) is 25.0 Å². The molecule has 2 aromatic rings. The maximum absolute atomic E-state index is 12.7. The molecular weight excluding hydrogens is 360 g/mol. The van der Waals surface area contributed by atoms with Gasteiger partial charge in [0.1, 0.15) is 6.04 Å². The third kappa shape index (κ3) is 3.48. The topological polar surface area (TPSA) is 81.0 Å². The number of nitrogens with one attached hydrogen (secondary N) is 1. The van der Waals surface area contributed by atoms with Crippen LogP contribution in [-0.2, 0) is 4.79 Å². The predicted molar refractivity (Wildman–Crippen MR) is 96.0 cm³/mol. The third-order valence-electron chi connectivity index (χ3n) is 4.28. The number of amides is 2. The van der Waals surface area contributed by atoms with E-state index in [1.807, 2.05) is 0 Å². The highest BCUT2D eigenvalue weighted by molar-refractivity contribution is 6.34. The number of halogens is 1. The summed E-state index contributed by atoms with van der Waals surface area (Å²) in [6.45, 7) is 0.497. The molecule has 0 aliphatic carbocycles. The number of anilines is 1. The number of benzene rings is 1. The lowest BCUT2D eigenvalue weighted by Crippen LogP contribution is -2.43. The second kappa shape index (κ2) is 7.70. The summed E-state index contributed by atoms with van der Waals surface area (Å²) in [5.41, 5.74) is 0.395. The molecule has 1 atom stereocenters. The van der Waals surface area contributed by atoms with Gasteiger partial charge in [0.25, 0.3) is 5.91 Å². The number of furan rings is 1. The van der Waals surface area contributed by atoms with Gasteiger partial charge in [-0.25, -0.2) is 0 Å². The van der Waals surface area contributed by atoms with Crippen molar-refractivity contribution < 1.29 is 23.5 Å². The van der Waals surface area contributed by atoms with Crippen molar-refractivity contribution in [3.63, 3.8) is 0 Å². The molecule has 2 amide bonds. The number of methoxy groups -OCH3 is 2. The minimum absolute atomic E-state index is 0.217. The first-order valence-electron chi connectivity index (χ1n) is 8.12. The lowest BCUT2D eigenvalue weighted by atomic mass is 10.2. The van der Waals surface area contributed by atoms with E-state index in [-0.39, 0.29) is 17.6 Å². The van der Waals surface area contributed by atoms with Gasteiger partial charge in [-0.2, -0.15) is 0 Å². The monoisotopic (exact) mass is 378 g/mol. The maximum atomic E-state index is 12.7. The number of carbonyl (C=O) groups is 2. The molecule has 1 aliphatic heterocycles. The normalized spacial score (nSPS) is 16.4. The van der Waals surface area contributed by atoms with E-state index in [1.54, 1.807) is 24.3 Å². The van der Waals surface area contributed by atoms with Gasteiger partial charge in [0.05, 0.1) is 31.2 Å². The van der Waals surface area contributed by atoms with Crippen LogP contribution >= 0.6 is 11.6 Å². The van der Waals surface area contributed by atoms with Crippen LogP contribution in [0.25, 0.3) is 0 Å². The van der Waals surface area contributed by atoms with Crippen molar-refractivity contribution >= 4 is 29.1 Å². The molecule has 8 heteroatoms. The van der Waals surface area contributed by atoms with Gasteiger partial charge < -0.3 is 24.1 Å². The fraction of sp³-hybridized carbons (Fsp3) is 0.333.